The molecule has 116 valence electrons. The Morgan fingerprint density at radius 1 is 1.19 bits per heavy atom. The average molecular weight is 355 g/mol. The number of fused-ring (bicyclic) bond motifs is 2. The number of rotatable bonds is 5. The van der Waals surface area contributed by atoms with E-state index in [1.54, 1.807) is 14.2 Å². The van der Waals surface area contributed by atoms with Gasteiger partial charge < -0.3 is 14.6 Å². The van der Waals surface area contributed by atoms with Crippen LogP contribution in [0.25, 0.3) is 0 Å². The number of benzene rings is 1. The zero-order chi connectivity index (χ0) is 15.0. The minimum Gasteiger partial charge on any atom is -0.493 e. The Morgan fingerprint density at radius 3 is 2.48 bits per heavy atom. The molecule has 0 saturated heterocycles. The van der Waals surface area contributed by atoms with E-state index in [2.05, 4.69) is 15.9 Å². The lowest BCUT2D eigenvalue weighted by molar-refractivity contribution is 0.124. The molecule has 21 heavy (non-hydrogen) atoms. The summed E-state index contributed by atoms with van der Waals surface area (Å²) < 4.78 is 11.5. The Balaban J connectivity index is 1.76. The first-order valence-corrected chi connectivity index (χ1v) is 8.51. The summed E-state index contributed by atoms with van der Waals surface area (Å²) in [4.78, 5) is 0. The lowest BCUT2D eigenvalue weighted by Gasteiger charge is -2.25. The van der Waals surface area contributed by atoms with E-state index in [-0.39, 0.29) is 0 Å². The van der Waals surface area contributed by atoms with Gasteiger partial charge >= 0.3 is 0 Å². The van der Waals surface area contributed by atoms with E-state index >= 15 is 0 Å². The molecule has 4 unspecified atom stereocenters. The zero-order valence-electron chi connectivity index (χ0n) is 12.6. The molecular formula is C17H23BrO3. The molecule has 3 nitrogen and oxygen atoms in total. The van der Waals surface area contributed by atoms with E-state index in [4.69, 9.17) is 9.47 Å². The molecule has 1 N–H and O–H groups in total. The molecule has 0 spiro atoms. The van der Waals surface area contributed by atoms with Gasteiger partial charge in [0, 0.05) is 4.47 Å². The second-order valence-electron chi connectivity index (χ2n) is 6.42. The highest BCUT2D eigenvalue weighted by Gasteiger charge is 2.40. The molecule has 0 heterocycles. The first-order valence-electron chi connectivity index (χ1n) is 7.71. The molecule has 2 bridgehead atoms. The highest BCUT2D eigenvalue weighted by Crippen LogP contribution is 2.51. The topological polar surface area (TPSA) is 38.7 Å². The van der Waals surface area contributed by atoms with Crippen molar-refractivity contribution in [2.45, 2.75) is 38.2 Å². The Labute approximate surface area is 134 Å². The first-order chi connectivity index (χ1) is 10.1. The molecule has 1 aromatic carbocycles. The minimum absolute atomic E-state index is 0.441. The number of aliphatic hydroxyl groups excluding tert-OH is 1. The number of aliphatic hydroxyl groups is 1. The first kappa shape index (κ1) is 15.2. The number of ether oxygens (including phenoxy) is 2. The molecular weight excluding hydrogens is 332 g/mol. The van der Waals surface area contributed by atoms with Crippen LogP contribution in [0.2, 0.25) is 0 Å². The van der Waals surface area contributed by atoms with Crippen LogP contribution in [0, 0.1) is 17.8 Å². The smallest absolute Gasteiger partial charge is 0.161 e. The monoisotopic (exact) mass is 354 g/mol. The van der Waals surface area contributed by atoms with Gasteiger partial charge in [0.15, 0.2) is 11.5 Å². The molecule has 2 aliphatic rings. The third-order valence-corrected chi connectivity index (χ3v) is 5.96. The van der Waals surface area contributed by atoms with Crippen molar-refractivity contribution in [2.75, 3.05) is 14.2 Å². The van der Waals surface area contributed by atoms with Crippen LogP contribution in [0.1, 0.15) is 43.8 Å². The molecule has 4 heteroatoms. The third kappa shape index (κ3) is 2.93. The third-order valence-electron chi connectivity index (χ3n) is 5.27. The molecule has 0 amide bonds. The molecule has 2 aliphatic carbocycles. The van der Waals surface area contributed by atoms with Crippen LogP contribution < -0.4 is 9.47 Å². The predicted molar refractivity (Wildman–Crippen MR) is 85.8 cm³/mol. The summed E-state index contributed by atoms with van der Waals surface area (Å²) in [6.45, 7) is 0. The molecule has 0 aliphatic heterocycles. The van der Waals surface area contributed by atoms with Gasteiger partial charge in [0.1, 0.15) is 0 Å². The molecule has 1 aromatic rings. The summed E-state index contributed by atoms with van der Waals surface area (Å²) in [5.41, 5.74) is 0.899. The summed E-state index contributed by atoms with van der Waals surface area (Å²) in [7, 11) is 3.24. The van der Waals surface area contributed by atoms with Crippen molar-refractivity contribution in [1.82, 2.24) is 0 Å². The van der Waals surface area contributed by atoms with Crippen LogP contribution in [0.15, 0.2) is 16.6 Å². The number of halogens is 1. The summed E-state index contributed by atoms with van der Waals surface area (Å²) in [5, 5.41) is 10.6. The second kappa shape index (κ2) is 6.17. The Hall–Kier alpha value is -0.740. The zero-order valence-corrected chi connectivity index (χ0v) is 14.2. The summed E-state index contributed by atoms with van der Waals surface area (Å²) >= 11 is 3.55. The molecule has 3 rings (SSSR count). The van der Waals surface area contributed by atoms with E-state index in [0.717, 1.165) is 28.3 Å². The van der Waals surface area contributed by atoms with Crippen LogP contribution in [0.4, 0.5) is 0 Å². The minimum atomic E-state index is -0.441. The van der Waals surface area contributed by atoms with Gasteiger partial charge in [0.2, 0.25) is 0 Å². The Bertz CT molecular complexity index is 517. The van der Waals surface area contributed by atoms with Crippen LogP contribution in [-0.4, -0.2) is 19.3 Å². The fourth-order valence-electron chi connectivity index (χ4n) is 4.20. The van der Waals surface area contributed by atoms with Gasteiger partial charge in [0.25, 0.3) is 0 Å². The lowest BCUT2D eigenvalue weighted by atomic mass is 9.83. The van der Waals surface area contributed by atoms with E-state index in [0.29, 0.717) is 17.4 Å². The van der Waals surface area contributed by atoms with Gasteiger partial charge in [-0.25, -0.2) is 0 Å². The van der Waals surface area contributed by atoms with Gasteiger partial charge in [-0.05, 0) is 61.1 Å². The molecule has 0 aromatic heterocycles. The normalized spacial score (nSPS) is 28.7. The van der Waals surface area contributed by atoms with Gasteiger partial charge in [-0.2, -0.15) is 0 Å². The van der Waals surface area contributed by atoms with Gasteiger partial charge in [-0.3, -0.25) is 0 Å². The molecule has 2 fully saturated rings. The molecule has 2 saturated carbocycles. The maximum absolute atomic E-state index is 10.6. The Morgan fingerprint density at radius 2 is 1.90 bits per heavy atom. The van der Waals surface area contributed by atoms with Crippen molar-refractivity contribution >= 4 is 15.9 Å². The van der Waals surface area contributed by atoms with Crippen molar-refractivity contribution in [3.63, 3.8) is 0 Å². The van der Waals surface area contributed by atoms with Crippen LogP contribution in [0.3, 0.4) is 0 Å². The van der Waals surface area contributed by atoms with E-state index in [9.17, 15) is 5.11 Å². The average Bonchev–Trinajstić information content (AvgIpc) is 3.09. The molecule has 4 atom stereocenters. The fourth-order valence-corrected chi connectivity index (χ4v) is 4.79. The quantitative estimate of drug-likeness (QED) is 0.855. The summed E-state index contributed by atoms with van der Waals surface area (Å²) in [6.07, 6.45) is 5.85. The SMILES string of the molecule is COc1cc(Br)c(C(O)CC2CC3CCC2C3)cc1OC. The maximum atomic E-state index is 10.6. The van der Waals surface area contributed by atoms with Crippen molar-refractivity contribution in [3.05, 3.63) is 22.2 Å². The standard InChI is InChI=1S/C17H23BrO3/c1-20-16-8-13(14(18)9-17(16)21-2)15(19)7-12-6-10-3-4-11(12)5-10/h8-12,15,19H,3-7H2,1-2H3. The highest BCUT2D eigenvalue weighted by atomic mass is 79.9. The highest BCUT2D eigenvalue weighted by molar-refractivity contribution is 9.10. The van der Waals surface area contributed by atoms with E-state index in [1.165, 1.54) is 25.7 Å². The maximum Gasteiger partial charge on any atom is 0.161 e. The molecule has 0 radical (unpaired) electrons. The largest absolute Gasteiger partial charge is 0.493 e. The van der Waals surface area contributed by atoms with Crippen molar-refractivity contribution < 1.29 is 14.6 Å². The van der Waals surface area contributed by atoms with Gasteiger partial charge in [0.05, 0.1) is 20.3 Å². The number of hydrogen-bond acceptors (Lipinski definition) is 3. The van der Waals surface area contributed by atoms with E-state index < -0.39 is 6.10 Å². The van der Waals surface area contributed by atoms with Crippen LogP contribution in [0.5, 0.6) is 11.5 Å². The number of hydrogen-bond donors (Lipinski definition) is 1. The Kier molecular flexibility index (Phi) is 4.46. The summed E-state index contributed by atoms with van der Waals surface area (Å²) in [6, 6.07) is 3.76. The van der Waals surface area contributed by atoms with Crippen molar-refractivity contribution in [3.8, 4) is 11.5 Å². The predicted octanol–water partition coefficient (Wildman–Crippen LogP) is 4.33. The van der Waals surface area contributed by atoms with Crippen molar-refractivity contribution in [1.29, 1.82) is 0 Å². The van der Waals surface area contributed by atoms with Gasteiger partial charge in [-0.15, -0.1) is 0 Å². The fraction of sp³-hybridized carbons (Fsp3) is 0.647. The summed E-state index contributed by atoms with van der Waals surface area (Å²) in [5.74, 6) is 3.78. The van der Waals surface area contributed by atoms with Crippen LogP contribution >= 0.6 is 15.9 Å². The van der Waals surface area contributed by atoms with E-state index in [1.807, 2.05) is 12.1 Å². The lowest BCUT2D eigenvalue weighted by Crippen LogP contribution is -2.14. The van der Waals surface area contributed by atoms with Crippen molar-refractivity contribution in [2.24, 2.45) is 17.8 Å². The van der Waals surface area contributed by atoms with Crippen LogP contribution in [-0.2, 0) is 0 Å². The number of methoxy groups -OCH3 is 2. The second-order valence-corrected chi connectivity index (χ2v) is 7.27. The van der Waals surface area contributed by atoms with Gasteiger partial charge in [-0.1, -0.05) is 22.4 Å².